The van der Waals surface area contributed by atoms with Crippen LogP contribution in [-0.2, 0) is 9.47 Å². The van der Waals surface area contributed by atoms with Gasteiger partial charge in [-0.2, -0.15) is 0 Å². The van der Waals surface area contributed by atoms with E-state index in [2.05, 4.69) is 23.5 Å². The second-order valence-electron chi connectivity index (χ2n) is 5.89. The van der Waals surface area contributed by atoms with Gasteiger partial charge in [0, 0.05) is 6.42 Å². The van der Waals surface area contributed by atoms with Crippen molar-refractivity contribution in [3.05, 3.63) is 0 Å². The lowest BCUT2D eigenvalue weighted by Crippen LogP contribution is -2.30. The quantitative estimate of drug-likeness (QED) is 0.440. The monoisotopic (exact) mass is 284 g/mol. The molecule has 1 N–H and O–H groups in total. The maximum Gasteiger partial charge on any atom is 0.509 e. The van der Waals surface area contributed by atoms with Gasteiger partial charge in [-0.1, -0.05) is 38.0 Å². The minimum absolute atomic E-state index is 0.335. The Labute approximate surface area is 122 Å². The number of carbonyl (C=O) groups excluding carboxylic acids is 1. The lowest BCUT2D eigenvalue weighted by Gasteiger charge is -2.23. The topological polar surface area (TPSA) is 55.8 Å². The summed E-state index contributed by atoms with van der Waals surface area (Å²) in [5.41, 5.74) is -1.70. The van der Waals surface area contributed by atoms with Crippen LogP contribution >= 0.6 is 0 Å². The summed E-state index contributed by atoms with van der Waals surface area (Å²) in [6.07, 6.45) is 4.62. The molecule has 1 unspecified atom stereocenters. The average molecular weight is 284 g/mol. The van der Waals surface area contributed by atoms with E-state index in [9.17, 15) is 9.90 Å². The van der Waals surface area contributed by atoms with Gasteiger partial charge < -0.3 is 14.6 Å². The molecule has 0 fully saturated rings. The highest BCUT2D eigenvalue weighted by molar-refractivity contribution is 5.60. The molecule has 0 aromatic carbocycles. The van der Waals surface area contributed by atoms with E-state index in [1.807, 2.05) is 0 Å². The summed E-state index contributed by atoms with van der Waals surface area (Å²) in [7, 11) is 1.28. The van der Waals surface area contributed by atoms with Crippen molar-refractivity contribution in [2.75, 3.05) is 7.11 Å². The number of unbranched alkanes of at least 4 members (excludes halogenated alkanes) is 3. The van der Waals surface area contributed by atoms with Crippen LogP contribution in [0.1, 0.15) is 66.2 Å². The number of methoxy groups -OCH3 is 1. The number of rotatable bonds is 7. The van der Waals surface area contributed by atoms with Crippen LogP contribution in [0.5, 0.6) is 0 Å². The summed E-state index contributed by atoms with van der Waals surface area (Å²) in [5, 5.41) is 9.65. The summed E-state index contributed by atoms with van der Waals surface area (Å²) in [6.45, 7) is 7.32. The van der Waals surface area contributed by atoms with E-state index in [1.54, 1.807) is 20.8 Å². The van der Waals surface area contributed by atoms with Crippen LogP contribution in [0.25, 0.3) is 0 Å². The number of ether oxygens (including phenoxy) is 2. The smallest absolute Gasteiger partial charge is 0.438 e. The molecule has 4 heteroatoms. The molecular weight excluding hydrogens is 256 g/mol. The molecule has 0 aliphatic rings. The molecule has 0 bridgehead atoms. The van der Waals surface area contributed by atoms with Gasteiger partial charge in [0.2, 0.25) is 0 Å². The third kappa shape index (κ3) is 9.69. The molecule has 0 aliphatic heterocycles. The molecule has 0 heterocycles. The molecule has 0 aromatic rings. The minimum atomic E-state index is -0.855. The van der Waals surface area contributed by atoms with Crippen molar-refractivity contribution >= 4 is 6.16 Å². The van der Waals surface area contributed by atoms with Crippen LogP contribution in [-0.4, -0.2) is 29.6 Å². The molecule has 116 valence electrons. The van der Waals surface area contributed by atoms with Crippen molar-refractivity contribution in [3.8, 4) is 11.8 Å². The molecule has 0 spiro atoms. The van der Waals surface area contributed by atoms with E-state index in [0.29, 0.717) is 12.8 Å². The van der Waals surface area contributed by atoms with Gasteiger partial charge in [0.05, 0.1) is 12.7 Å². The van der Waals surface area contributed by atoms with E-state index in [0.717, 1.165) is 25.7 Å². The van der Waals surface area contributed by atoms with Crippen molar-refractivity contribution < 1.29 is 19.4 Å². The third-order valence-corrected chi connectivity index (χ3v) is 2.86. The highest BCUT2D eigenvalue weighted by Gasteiger charge is 2.26. The Hall–Kier alpha value is -1.21. The molecule has 20 heavy (non-hydrogen) atoms. The Kier molecular flexibility index (Phi) is 8.33. The maximum absolute atomic E-state index is 11.3. The summed E-state index contributed by atoms with van der Waals surface area (Å²) < 4.78 is 9.81. The molecule has 1 atom stereocenters. The van der Waals surface area contributed by atoms with Gasteiger partial charge in [-0.05, 0) is 33.6 Å². The van der Waals surface area contributed by atoms with E-state index in [1.165, 1.54) is 7.11 Å². The largest absolute Gasteiger partial charge is 0.509 e. The molecule has 0 saturated carbocycles. The predicted molar refractivity (Wildman–Crippen MR) is 79.3 cm³/mol. The van der Waals surface area contributed by atoms with Gasteiger partial charge >= 0.3 is 6.16 Å². The summed E-state index contributed by atoms with van der Waals surface area (Å²) in [6, 6.07) is 0. The van der Waals surface area contributed by atoms with E-state index < -0.39 is 17.4 Å². The molecule has 0 aliphatic carbocycles. The fraction of sp³-hybridized carbons (Fsp3) is 0.812. The first-order valence-corrected chi connectivity index (χ1v) is 7.22. The van der Waals surface area contributed by atoms with Crippen molar-refractivity contribution in [3.63, 3.8) is 0 Å². The third-order valence-electron chi connectivity index (χ3n) is 2.86. The van der Waals surface area contributed by atoms with Gasteiger partial charge in [-0.15, -0.1) is 0 Å². The lowest BCUT2D eigenvalue weighted by molar-refractivity contribution is 0.00839. The van der Waals surface area contributed by atoms with Crippen molar-refractivity contribution in [1.29, 1.82) is 0 Å². The zero-order chi connectivity index (χ0) is 15.6. The molecular formula is C16H28O4. The summed E-state index contributed by atoms with van der Waals surface area (Å²) >= 11 is 0. The Morgan fingerprint density at radius 2 is 1.85 bits per heavy atom. The molecule has 0 saturated heterocycles. The number of hydrogen-bond donors (Lipinski definition) is 1. The molecule has 0 rings (SSSR count). The second-order valence-corrected chi connectivity index (χ2v) is 5.89. The highest BCUT2D eigenvalue weighted by Crippen LogP contribution is 2.20. The Balaban J connectivity index is 4.64. The van der Waals surface area contributed by atoms with E-state index in [4.69, 9.17) is 4.74 Å². The van der Waals surface area contributed by atoms with Gasteiger partial charge in [0.1, 0.15) is 0 Å². The Morgan fingerprint density at radius 3 is 2.35 bits per heavy atom. The first-order chi connectivity index (χ1) is 9.22. The fourth-order valence-corrected chi connectivity index (χ4v) is 1.70. The highest BCUT2D eigenvalue weighted by atomic mass is 16.7. The van der Waals surface area contributed by atoms with Crippen LogP contribution in [0, 0.1) is 11.8 Å². The summed E-state index contributed by atoms with van der Waals surface area (Å²) in [5.74, 6) is 5.87. The predicted octanol–water partition coefficient (Wildman–Crippen LogP) is 3.66. The van der Waals surface area contributed by atoms with Gasteiger partial charge in [-0.25, -0.2) is 4.79 Å². The standard InChI is InChI=1S/C16H28O4/c1-6-7-8-9-12-16(4,20-14(17)19-5)13-10-11-15(2,3)18/h18H,6-9,11-12H2,1-5H3. The second kappa shape index (κ2) is 8.86. The van der Waals surface area contributed by atoms with Crippen LogP contribution < -0.4 is 0 Å². The van der Waals surface area contributed by atoms with Gasteiger partial charge in [0.25, 0.3) is 0 Å². The van der Waals surface area contributed by atoms with E-state index in [-0.39, 0.29) is 0 Å². The molecule has 0 amide bonds. The first kappa shape index (κ1) is 18.8. The number of carbonyl (C=O) groups is 1. The first-order valence-electron chi connectivity index (χ1n) is 7.22. The average Bonchev–Trinajstić information content (AvgIpc) is 2.33. The number of hydrogen-bond acceptors (Lipinski definition) is 4. The summed E-state index contributed by atoms with van der Waals surface area (Å²) in [4.78, 5) is 11.3. The van der Waals surface area contributed by atoms with Crippen molar-refractivity contribution in [2.45, 2.75) is 77.4 Å². The zero-order valence-corrected chi connectivity index (χ0v) is 13.4. The van der Waals surface area contributed by atoms with E-state index >= 15 is 0 Å². The van der Waals surface area contributed by atoms with Crippen LogP contribution in [0.2, 0.25) is 0 Å². The lowest BCUT2D eigenvalue weighted by atomic mass is 9.97. The van der Waals surface area contributed by atoms with Crippen LogP contribution in [0.3, 0.4) is 0 Å². The Morgan fingerprint density at radius 1 is 1.20 bits per heavy atom. The SMILES string of the molecule is CCCCCCC(C)(C#CCC(C)(C)O)OC(=O)OC. The maximum atomic E-state index is 11.3. The minimum Gasteiger partial charge on any atom is -0.438 e. The molecule has 4 nitrogen and oxygen atoms in total. The van der Waals surface area contributed by atoms with Gasteiger partial charge in [0.15, 0.2) is 5.60 Å². The fourth-order valence-electron chi connectivity index (χ4n) is 1.70. The zero-order valence-electron chi connectivity index (χ0n) is 13.4. The van der Waals surface area contributed by atoms with Crippen molar-refractivity contribution in [1.82, 2.24) is 0 Å². The van der Waals surface area contributed by atoms with Crippen LogP contribution in [0.4, 0.5) is 4.79 Å². The van der Waals surface area contributed by atoms with Crippen molar-refractivity contribution in [2.24, 2.45) is 0 Å². The molecule has 0 aromatic heterocycles. The van der Waals surface area contributed by atoms with Gasteiger partial charge in [-0.3, -0.25) is 0 Å². The van der Waals surface area contributed by atoms with Crippen LogP contribution in [0.15, 0.2) is 0 Å². The Bertz CT molecular complexity index is 346. The number of aliphatic hydroxyl groups is 1. The normalized spacial score (nSPS) is 13.9. The molecule has 0 radical (unpaired) electrons.